The van der Waals surface area contributed by atoms with Crippen LogP contribution >= 0.6 is 11.3 Å². The van der Waals surface area contributed by atoms with Crippen molar-refractivity contribution in [3.8, 4) is 10.6 Å². The zero-order valence-electron chi connectivity index (χ0n) is 16.2. The number of benzene rings is 2. The number of likely N-dealkylation sites (tertiary alicyclic amines) is 1. The van der Waals surface area contributed by atoms with E-state index in [1.54, 1.807) is 24.3 Å². The van der Waals surface area contributed by atoms with E-state index in [-0.39, 0.29) is 17.6 Å². The Morgan fingerprint density at radius 1 is 1.03 bits per heavy atom. The molecule has 0 aliphatic carbocycles. The average molecular weight is 418 g/mol. The van der Waals surface area contributed by atoms with E-state index >= 15 is 0 Å². The highest BCUT2D eigenvalue weighted by Crippen LogP contribution is 2.33. The SMILES string of the molecule is O=C(c1ccc2ccccc2n1)N1CCCC(c2nnc(-c3ccccc3F)s2)C1. The van der Waals surface area contributed by atoms with Gasteiger partial charge in [-0.3, -0.25) is 4.79 Å². The van der Waals surface area contributed by atoms with Crippen LogP contribution in [0.15, 0.2) is 60.7 Å². The van der Waals surface area contributed by atoms with Crippen molar-refractivity contribution in [1.29, 1.82) is 0 Å². The Balaban J connectivity index is 1.35. The number of pyridine rings is 1. The summed E-state index contributed by atoms with van der Waals surface area (Å²) >= 11 is 1.40. The predicted octanol–water partition coefficient (Wildman–Crippen LogP) is 4.91. The van der Waals surface area contributed by atoms with Crippen LogP contribution in [-0.4, -0.2) is 39.1 Å². The van der Waals surface area contributed by atoms with Crippen LogP contribution in [0.3, 0.4) is 0 Å². The molecule has 0 radical (unpaired) electrons. The zero-order chi connectivity index (χ0) is 20.5. The maximum atomic E-state index is 14.1. The minimum absolute atomic E-state index is 0.0655. The minimum atomic E-state index is -0.303. The number of piperidine rings is 1. The third-order valence-corrected chi connectivity index (χ3v) is 6.54. The summed E-state index contributed by atoms with van der Waals surface area (Å²) in [5.74, 6) is -0.270. The number of amides is 1. The van der Waals surface area contributed by atoms with Gasteiger partial charge in [0.15, 0.2) is 5.01 Å². The molecule has 1 amide bonds. The van der Waals surface area contributed by atoms with Crippen molar-refractivity contribution in [1.82, 2.24) is 20.1 Å². The number of rotatable bonds is 3. The van der Waals surface area contributed by atoms with E-state index in [0.29, 0.717) is 29.4 Å². The molecule has 3 heterocycles. The number of nitrogens with zero attached hydrogens (tertiary/aromatic N) is 4. The summed E-state index contributed by atoms with van der Waals surface area (Å²) in [5.41, 5.74) is 1.74. The van der Waals surface area contributed by atoms with Crippen LogP contribution in [0.1, 0.15) is 34.3 Å². The molecule has 5 nitrogen and oxygen atoms in total. The molecule has 1 fully saturated rings. The zero-order valence-corrected chi connectivity index (χ0v) is 17.0. The van der Waals surface area contributed by atoms with Gasteiger partial charge in [0.1, 0.15) is 16.5 Å². The van der Waals surface area contributed by atoms with E-state index in [1.165, 1.54) is 17.4 Å². The molecular formula is C23H19FN4OS. The highest BCUT2D eigenvalue weighted by Gasteiger charge is 2.28. The Morgan fingerprint density at radius 2 is 1.87 bits per heavy atom. The number of hydrogen-bond donors (Lipinski definition) is 0. The first-order valence-corrected chi connectivity index (χ1v) is 10.7. The number of carbonyl (C=O) groups is 1. The Labute approximate surface area is 177 Å². The molecule has 0 spiro atoms. The van der Waals surface area contributed by atoms with E-state index in [1.807, 2.05) is 35.2 Å². The molecular weight excluding hydrogens is 399 g/mol. The average Bonchev–Trinajstić information content (AvgIpc) is 3.29. The summed E-state index contributed by atoms with van der Waals surface area (Å²) < 4.78 is 14.1. The third-order valence-electron chi connectivity index (χ3n) is 5.42. The number of aromatic nitrogens is 3. The van der Waals surface area contributed by atoms with Crippen LogP contribution in [0.2, 0.25) is 0 Å². The van der Waals surface area contributed by atoms with Crippen molar-refractivity contribution in [3.05, 3.63) is 77.2 Å². The lowest BCUT2D eigenvalue weighted by Crippen LogP contribution is -2.39. The minimum Gasteiger partial charge on any atom is -0.337 e. The second kappa shape index (κ2) is 7.91. The lowest BCUT2D eigenvalue weighted by atomic mass is 9.98. The normalized spacial score (nSPS) is 16.7. The van der Waals surface area contributed by atoms with E-state index in [4.69, 9.17) is 0 Å². The Kier molecular flexibility index (Phi) is 4.96. The number of carbonyl (C=O) groups excluding carboxylic acids is 1. The fourth-order valence-corrected chi connectivity index (χ4v) is 4.85. The van der Waals surface area contributed by atoms with Crippen molar-refractivity contribution in [2.45, 2.75) is 18.8 Å². The second-order valence-corrected chi connectivity index (χ2v) is 8.41. The number of halogens is 1. The van der Waals surface area contributed by atoms with Gasteiger partial charge in [-0.05, 0) is 37.1 Å². The van der Waals surface area contributed by atoms with Crippen molar-refractivity contribution in [3.63, 3.8) is 0 Å². The van der Waals surface area contributed by atoms with Gasteiger partial charge in [0.25, 0.3) is 5.91 Å². The first-order valence-electron chi connectivity index (χ1n) is 9.92. The molecule has 1 unspecified atom stereocenters. The molecule has 2 aromatic heterocycles. The van der Waals surface area contributed by atoms with E-state index in [9.17, 15) is 9.18 Å². The number of para-hydroxylation sites is 1. The van der Waals surface area contributed by atoms with Crippen LogP contribution in [-0.2, 0) is 0 Å². The molecule has 150 valence electrons. The first-order chi connectivity index (χ1) is 14.7. The summed E-state index contributed by atoms with van der Waals surface area (Å²) in [5, 5.41) is 10.9. The fourth-order valence-electron chi connectivity index (χ4n) is 3.85. The second-order valence-electron chi connectivity index (χ2n) is 7.40. The summed E-state index contributed by atoms with van der Waals surface area (Å²) in [6.45, 7) is 1.27. The van der Waals surface area contributed by atoms with Crippen LogP contribution in [0.4, 0.5) is 4.39 Å². The maximum Gasteiger partial charge on any atom is 0.272 e. The number of fused-ring (bicyclic) bond motifs is 1. The molecule has 0 saturated carbocycles. The lowest BCUT2D eigenvalue weighted by Gasteiger charge is -2.31. The molecule has 1 aliphatic rings. The quantitative estimate of drug-likeness (QED) is 0.474. The Bertz CT molecular complexity index is 1220. The van der Waals surface area contributed by atoms with Crippen molar-refractivity contribution < 1.29 is 9.18 Å². The summed E-state index contributed by atoms with van der Waals surface area (Å²) in [6.07, 6.45) is 1.82. The van der Waals surface area contributed by atoms with E-state index < -0.39 is 0 Å². The van der Waals surface area contributed by atoms with Crippen LogP contribution in [0.5, 0.6) is 0 Å². The molecule has 2 aromatic carbocycles. The van der Waals surface area contributed by atoms with E-state index in [2.05, 4.69) is 15.2 Å². The van der Waals surface area contributed by atoms with Gasteiger partial charge in [0, 0.05) is 30.0 Å². The van der Waals surface area contributed by atoms with Gasteiger partial charge >= 0.3 is 0 Å². The molecule has 1 aliphatic heterocycles. The van der Waals surface area contributed by atoms with Gasteiger partial charge < -0.3 is 4.90 Å². The van der Waals surface area contributed by atoms with Crippen LogP contribution in [0.25, 0.3) is 21.5 Å². The van der Waals surface area contributed by atoms with Crippen molar-refractivity contribution >= 4 is 28.1 Å². The monoisotopic (exact) mass is 418 g/mol. The largest absolute Gasteiger partial charge is 0.337 e. The maximum absolute atomic E-state index is 14.1. The van der Waals surface area contributed by atoms with Gasteiger partial charge in [-0.2, -0.15) is 0 Å². The summed E-state index contributed by atoms with van der Waals surface area (Å²) in [7, 11) is 0. The van der Waals surface area contributed by atoms with Crippen molar-refractivity contribution in [2.75, 3.05) is 13.1 Å². The molecule has 0 bridgehead atoms. The van der Waals surface area contributed by atoms with Gasteiger partial charge in [0.05, 0.1) is 5.52 Å². The summed E-state index contributed by atoms with van der Waals surface area (Å²) in [4.78, 5) is 19.5. The molecule has 0 N–H and O–H groups in total. The highest BCUT2D eigenvalue weighted by molar-refractivity contribution is 7.14. The molecule has 1 atom stereocenters. The van der Waals surface area contributed by atoms with Crippen molar-refractivity contribution in [2.24, 2.45) is 0 Å². The molecule has 4 aromatic rings. The fraction of sp³-hybridized carbons (Fsp3) is 0.217. The molecule has 7 heteroatoms. The third kappa shape index (κ3) is 3.57. The topological polar surface area (TPSA) is 59.0 Å². The number of hydrogen-bond acceptors (Lipinski definition) is 5. The molecule has 5 rings (SSSR count). The molecule has 30 heavy (non-hydrogen) atoms. The van der Waals surface area contributed by atoms with Gasteiger partial charge in [-0.15, -0.1) is 10.2 Å². The van der Waals surface area contributed by atoms with Crippen LogP contribution < -0.4 is 0 Å². The Hall–Kier alpha value is -3.19. The van der Waals surface area contributed by atoms with Gasteiger partial charge in [-0.1, -0.05) is 47.7 Å². The smallest absolute Gasteiger partial charge is 0.272 e. The van der Waals surface area contributed by atoms with E-state index in [0.717, 1.165) is 28.8 Å². The standard InChI is InChI=1S/C23H19FN4OS/c24-18-9-3-2-8-17(18)22-27-26-21(30-22)16-7-5-13-28(14-16)23(29)20-12-11-15-6-1-4-10-19(15)25-20/h1-4,6,8-12,16H,5,7,13-14H2. The lowest BCUT2D eigenvalue weighted by molar-refractivity contribution is 0.0701. The Morgan fingerprint density at radius 3 is 2.77 bits per heavy atom. The molecule has 1 saturated heterocycles. The highest BCUT2D eigenvalue weighted by atomic mass is 32.1. The first kappa shape index (κ1) is 18.8. The summed E-state index contributed by atoms with van der Waals surface area (Å²) in [6, 6.07) is 18.1. The van der Waals surface area contributed by atoms with Crippen LogP contribution in [0, 0.1) is 5.82 Å². The van der Waals surface area contributed by atoms with Gasteiger partial charge in [0.2, 0.25) is 0 Å². The predicted molar refractivity (Wildman–Crippen MR) is 115 cm³/mol. The van der Waals surface area contributed by atoms with Gasteiger partial charge in [-0.25, -0.2) is 9.37 Å².